The van der Waals surface area contributed by atoms with Crippen LogP contribution in [0.5, 0.6) is 0 Å². The van der Waals surface area contributed by atoms with Crippen molar-refractivity contribution in [2.45, 2.75) is 39.5 Å². The lowest BCUT2D eigenvalue weighted by molar-refractivity contribution is 0.0699. The molecule has 2 aromatic carbocycles. The number of nitrogens with zero attached hydrogens (tertiary/aromatic N) is 2. The predicted octanol–water partition coefficient (Wildman–Crippen LogP) is 7.26. The number of thiophene rings is 1. The molecule has 4 nitrogen and oxygen atoms in total. The first kappa shape index (κ1) is 22.2. The van der Waals surface area contributed by atoms with E-state index in [1.165, 1.54) is 15.6 Å². The van der Waals surface area contributed by atoms with Gasteiger partial charge in [-0.25, -0.2) is 9.78 Å². The summed E-state index contributed by atoms with van der Waals surface area (Å²) in [7, 11) is 0. The molecule has 1 N–H and O–H groups in total. The van der Waals surface area contributed by atoms with Crippen LogP contribution in [0.15, 0.2) is 67.0 Å². The van der Waals surface area contributed by atoms with E-state index < -0.39 is 5.97 Å². The van der Waals surface area contributed by atoms with Gasteiger partial charge in [0, 0.05) is 22.5 Å². The summed E-state index contributed by atoms with van der Waals surface area (Å²) in [6.45, 7) is 4.19. The van der Waals surface area contributed by atoms with E-state index in [1.54, 1.807) is 23.6 Å². The van der Waals surface area contributed by atoms with Crippen LogP contribution in [0.3, 0.4) is 0 Å². The Bertz CT molecular complexity index is 1510. The van der Waals surface area contributed by atoms with Crippen LogP contribution in [-0.2, 0) is 19.3 Å². The van der Waals surface area contributed by atoms with Crippen LogP contribution in [0.2, 0.25) is 0 Å². The molecular weight excluding hydrogens is 440 g/mol. The van der Waals surface area contributed by atoms with Crippen molar-refractivity contribution < 1.29 is 9.90 Å². The standard InChI is InChI=1S/C29H26N2O2S/c1-3-20-13-14-21(10-6-8-19-9-7-15-30-17-19)26-23(29(32)33)16-24(31-27(20)26)28-18(2)22-11-4-5-12-25(22)34-28/h4-5,7,9,11-17H,3,6,8,10H2,1-2H3,(H,32,33). The third kappa shape index (κ3) is 4.08. The molecule has 0 spiro atoms. The van der Waals surface area contributed by atoms with Crippen molar-refractivity contribution in [2.75, 3.05) is 0 Å². The summed E-state index contributed by atoms with van der Waals surface area (Å²) >= 11 is 1.67. The van der Waals surface area contributed by atoms with Gasteiger partial charge in [0.1, 0.15) is 0 Å². The third-order valence-electron chi connectivity index (χ3n) is 6.45. The number of aromatic carboxylic acids is 1. The second-order valence-corrected chi connectivity index (χ2v) is 9.64. The van der Waals surface area contributed by atoms with Crippen molar-refractivity contribution in [1.82, 2.24) is 9.97 Å². The van der Waals surface area contributed by atoms with Crippen molar-refractivity contribution >= 4 is 38.3 Å². The third-order valence-corrected chi connectivity index (χ3v) is 7.75. The number of aromatic nitrogens is 2. The van der Waals surface area contributed by atoms with E-state index in [1.807, 2.05) is 24.4 Å². The molecule has 0 saturated heterocycles. The van der Waals surface area contributed by atoms with Gasteiger partial charge in [0.15, 0.2) is 0 Å². The van der Waals surface area contributed by atoms with Crippen LogP contribution >= 0.6 is 11.3 Å². The van der Waals surface area contributed by atoms with Crippen molar-refractivity contribution in [3.05, 3.63) is 94.8 Å². The second-order valence-electron chi connectivity index (χ2n) is 8.59. The van der Waals surface area contributed by atoms with Gasteiger partial charge in [0.05, 0.1) is 21.7 Å². The molecule has 170 valence electrons. The molecule has 0 atom stereocenters. The van der Waals surface area contributed by atoms with E-state index in [-0.39, 0.29) is 0 Å². The zero-order valence-electron chi connectivity index (χ0n) is 19.3. The summed E-state index contributed by atoms with van der Waals surface area (Å²) in [4.78, 5) is 22.8. The maximum Gasteiger partial charge on any atom is 0.336 e. The number of pyridine rings is 2. The number of hydrogen-bond acceptors (Lipinski definition) is 4. The molecule has 0 radical (unpaired) electrons. The number of carbonyl (C=O) groups is 1. The summed E-state index contributed by atoms with van der Waals surface area (Å²) in [5.41, 5.74) is 6.35. The van der Waals surface area contributed by atoms with Gasteiger partial charge in [0.2, 0.25) is 0 Å². The minimum absolute atomic E-state index is 0.337. The number of benzene rings is 2. The SMILES string of the molecule is CCc1ccc(CCCc2cccnc2)c2c(C(=O)O)cc(-c3sc4ccccc4c3C)nc12. The molecule has 34 heavy (non-hydrogen) atoms. The van der Waals surface area contributed by atoms with Crippen LogP contribution in [-0.4, -0.2) is 21.0 Å². The van der Waals surface area contributed by atoms with Crippen LogP contribution in [0.25, 0.3) is 31.6 Å². The molecule has 0 aliphatic rings. The molecule has 5 rings (SSSR count). The minimum atomic E-state index is -0.908. The van der Waals surface area contributed by atoms with Crippen molar-refractivity contribution in [1.29, 1.82) is 0 Å². The van der Waals surface area contributed by atoms with Crippen LogP contribution in [0, 0.1) is 6.92 Å². The molecule has 0 aliphatic heterocycles. The fourth-order valence-corrected chi connectivity index (χ4v) is 5.86. The zero-order valence-corrected chi connectivity index (χ0v) is 20.2. The Kier molecular flexibility index (Phi) is 6.12. The quantitative estimate of drug-likeness (QED) is 0.274. The molecule has 0 bridgehead atoms. The van der Waals surface area contributed by atoms with E-state index in [0.29, 0.717) is 5.56 Å². The Morgan fingerprint density at radius 1 is 1.03 bits per heavy atom. The zero-order chi connectivity index (χ0) is 23.7. The first-order valence-electron chi connectivity index (χ1n) is 11.6. The Labute approximate surface area is 202 Å². The monoisotopic (exact) mass is 466 g/mol. The van der Waals surface area contributed by atoms with E-state index in [0.717, 1.165) is 63.8 Å². The number of carboxylic acid groups (broad SMARTS) is 1. The Morgan fingerprint density at radius 3 is 2.59 bits per heavy atom. The first-order chi connectivity index (χ1) is 16.6. The maximum atomic E-state index is 12.5. The molecule has 5 aromatic rings. The van der Waals surface area contributed by atoms with Gasteiger partial charge in [-0.05, 0) is 78.4 Å². The summed E-state index contributed by atoms with van der Waals surface area (Å²) in [5.74, 6) is -0.908. The molecule has 0 unspecified atom stereocenters. The molecule has 3 aromatic heterocycles. The number of aryl methyl sites for hydroxylation is 4. The summed E-state index contributed by atoms with van der Waals surface area (Å²) < 4.78 is 1.19. The number of carboxylic acids is 1. The molecule has 0 fully saturated rings. The van der Waals surface area contributed by atoms with Gasteiger partial charge in [0.25, 0.3) is 0 Å². The number of rotatable bonds is 7. The van der Waals surface area contributed by atoms with Gasteiger partial charge < -0.3 is 5.11 Å². The molecule has 0 aliphatic carbocycles. The van der Waals surface area contributed by atoms with Gasteiger partial charge in [-0.15, -0.1) is 11.3 Å². The van der Waals surface area contributed by atoms with E-state index in [9.17, 15) is 9.90 Å². The minimum Gasteiger partial charge on any atom is -0.478 e. The summed E-state index contributed by atoms with van der Waals surface area (Å²) in [6.07, 6.45) is 7.08. The lowest BCUT2D eigenvalue weighted by Crippen LogP contribution is -2.05. The van der Waals surface area contributed by atoms with E-state index >= 15 is 0 Å². The second kappa shape index (κ2) is 9.35. The Hall–Kier alpha value is -3.57. The lowest BCUT2D eigenvalue weighted by Gasteiger charge is -2.14. The Morgan fingerprint density at radius 2 is 1.85 bits per heavy atom. The average Bonchev–Trinajstić information content (AvgIpc) is 3.20. The van der Waals surface area contributed by atoms with Crippen LogP contribution in [0.4, 0.5) is 0 Å². The highest BCUT2D eigenvalue weighted by Crippen LogP contribution is 2.39. The first-order valence-corrected chi connectivity index (χ1v) is 12.4. The van der Waals surface area contributed by atoms with Crippen LogP contribution < -0.4 is 0 Å². The fourth-order valence-electron chi connectivity index (χ4n) is 4.69. The van der Waals surface area contributed by atoms with Gasteiger partial charge in [-0.1, -0.05) is 43.3 Å². The molecule has 5 heteroatoms. The van der Waals surface area contributed by atoms with Gasteiger partial charge in [-0.2, -0.15) is 0 Å². The molecule has 3 heterocycles. The highest BCUT2D eigenvalue weighted by Gasteiger charge is 2.20. The maximum absolute atomic E-state index is 12.5. The number of fused-ring (bicyclic) bond motifs is 2. The average molecular weight is 467 g/mol. The van der Waals surface area contributed by atoms with Crippen molar-refractivity contribution in [3.63, 3.8) is 0 Å². The summed E-state index contributed by atoms with van der Waals surface area (Å²) in [6, 6.07) is 18.3. The highest BCUT2D eigenvalue weighted by atomic mass is 32.1. The van der Waals surface area contributed by atoms with Crippen LogP contribution in [0.1, 0.15) is 46.0 Å². The topological polar surface area (TPSA) is 63.1 Å². The van der Waals surface area contributed by atoms with Gasteiger partial charge in [-0.3, -0.25) is 4.98 Å². The lowest BCUT2D eigenvalue weighted by atomic mass is 9.94. The largest absolute Gasteiger partial charge is 0.478 e. The van der Waals surface area contributed by atoms with Gasteiger partial charge >= 0.3 is 5.97 Å². The normalized spacial score (nSPS) is 11.4. The smallest absolute Gasteiger partial charge is 0.336 e. The highest BCUT2D eigenvalue weighted by molar-refractivity contribution is 7.22. The van der Waals surface area contributed by atoms with Crippen molar-refractivity contribution in [2.24, 2.45) is 0 Å². The van der Waals surface area contributed by atoms with E-state index in [2.05, 4.69) is 49.2 Å². The summed E-state index contributed by atoms with van der Waals surface area (Å²) in [5, 5.41) is 12.2. The fraction of sp³-hybridized carbons (Fsp3) is 0.207. The number of hydrogen-bond donors (Lipinski definition) is 1. The van der Waals surface area contributed by atoms with Crippen molar-refractivity contribution in [3.8, 4) is 10.6 Å². The Balaban J connectivity index is 1.63. The molecule has 0 saturated carbocycles. The molecule has 0 amide bonds. The predicted molar refractivity (Wildman–Crippen MR) is 140 cm³/mol. The van der Waals surface area contributed by atoms with E-state index in [4.69, 9.17) is 4.98 Å². The molecular formula is C29H26N2O2S.